The van der Waals surface area contributed by atoms with Crippen LogP contribution in [-0.2, 0) is 4.79 Å². The predicted octanol–water partition coefficient (Wildman–Crippen LogP) is 3.25. The second-order valence-electron chi connectivity index (χ2n) is 4.99. The van der Waals surface area contributed by atoms with E-state index in [1.165, 1.54) is 4.90 Å². The van der Waals surface area contributed by atoms with Crippen molar-refractivity contribution in [3.8, 4) is 0 Å². The van der Waals surface area contributed by atoms with Crippen molar-refractivity contribution >= 4 is 33.6 Å². The van der Waals surface area contributed by atoms with Crippen LogP contribution in [0, 0.1) is 19.8 Å². The molecule has 0 saturated heterocycles. The molecule has 0 aromatic heterocycles. The van der Waals surface area contributed by atoms with Crippen molar-refractivity contribution in [2.24, 2.45) is 5.92 Å². The summed E-state index contributed by atoms with van der Waals surface area (Å²) in [6, 6.07) is 3.56. The van der Waals surface area contributed by atoms with Crippen LogP contribution in [0.15, 0.2) is 16.6 Å². The van der Waals surface area contributed by atoms with Crippen LogP contribution in [-0.4, -0.2) is 35.6 Å². The molecule has 1 aromatic rings. The van der Waals surface area contributed by atoms with Crippen LogP contribution in [0.2, 0.25) is 0 Å². The summed E-state index contributed by atoms with van der Waals surface area (Å²) in [7, 11) is 1.58. The van der Waals surface area contributed by atoms with Crippen molar-refractivity contribution in [3.05, 3.63) is 27.7 Å². The topological polar surface area (TPSA) is 69.6 Å². The quantitative estimate of drug-likeness (QED) is 0.882. The summed E-state index contributed by atoms with van der Waals surface area (Å²) in [5, 5.41) is 11.7. The average molecular weight is 343 g/mol. The molecule has 2 amide bonds. The van der Waals surface area contributed by atoms with Crippen molar-refractivity contribution < 1.29 is 14.7 Å². The predicted molar refractivity (Wildman–Crippen MR) is 82.1 cm³/mol. The molecule has 0 aliphatic carbocycles. The molecule has 110 valence electrons. The maximum absolute atomic E-state index is 12.1. The van der Waals surface area contributed by atoms with Gasteiger partial charge in [0.05, 0.1) is 11.6 Å². The van der Waals surface area contributed by atoms with Gasteiger partial charge in [-0.3, -0.25) is 4.79 Å². The van der Waals surface area contributed by atoms with Gasteiger partial charge in [-0.15, -0.1) is 0 Å². The van der Waals surface area contributed by atoms with Gasteiger partial charge in [-0.1, -0.05) is 13.0 Å². The summed E-state index contributed by atoms with van der Waals surface area (Å²) < 4.78 is 0.808. The molecule has 0 spiro atoms. The van der Waals surface area contributed by atoms with Crippen molar-refractivity contribution in [1.29, 1.82) is 0 Å². The molecule has 0 aliphatic heterocycles. The number of aryl methyl sites for hydroxylation is 2. The molecule has 1 aromatic carbocycles. The Morgan fingerprint density at radius 2 is 2.00 bits per heavy atom. The Bertz CT molecular complexity index is 508. The smallest absolute Gasteiger partial charge is 0.321 e. The summed E-state index contributed by atoms with van der Waals surface area (Å²) in [4.78, 5) is 24.2. The minimum absolute atomic E-state index is 0.156. The molecule has 1 rings (SSSR count). The SMILES string of the molecule is Cc1cc(C)c(NC(=O)N(C)CC(C)C(=O)O)c(Br)c1. The van der Waals surface area contributed by atoms with Gasteiger partial charge in [0.25, 0.3) is 0 Å². The van der Waals surface area contributed by atoms with Gasteiger partial charge in [0.15, 0.2) is 0 Å². The lowest BCUT2D eigenvalue weighted by molar-refractivity contribution is -0.141. The first-order valence-corrected chi connectivity index (χ1v) is 7.03. The Labute approximate surface area is 127 Å². The zero-order chi connectivity index (χ0) is 15.4. The molecule has 1 unspecified atom stereocenters. The van der Waals surface area contributed by atoms with Gasteiger partial charge in [0.2, 0.25) is 0 Å². The number of benzene rings is 1. The molecule has 0 fully saturated rings. The molecule has 1 atom stereocenters. The number of carbonyl (C=O) groups is 2. The number of carbonyl (C=O) groups excluding carboxylic acids is 1. The van der Waals surface area contributed by atoms with E-state index in [1.807, 2.05) is 26.0 Å². The van der Waals surface area contributed by atoms with Crippen molar-refractivity contribution in [3.63, 3.8) is 0 Å². The third-order valence-corrected chi connectivity index (χ3v) is 3.61. The molecule has 2 N–H and O–H groups in total. The Morgan fingerprint density at radius 1 is 1.40 bits per heavy atom. The van der Waals surface area contributed by atoms with E-state index in [-0.39, 0.29) is 12.6 Å². The van der Waals surface area contributed by atoms with Crippen LogP contribution >= 0.6 is 15.9 Å². The zero-order valence-electron chi connectivity index (χ0n) is 12.0. The fourth-order valence-electron chi connectivity index (χ4n) is 1.85. The number of aliphatic carboxylic acids is 1. The lowest BCUT2D eigenvalue weighted by Crippen LogP contribution is -2.36. The summed E-state index contributed by atoms with van der Waals surface area (Å²) in [5.41, 5.74) is 2.75. The molecule has 20 heavy (non-hydrogen) atoms. The van der Waals surface area contributed by atoms with E-state index in [1.54, 1.807) is 14.0 Å². The number of halogens is 1. The highest BCUT2D eigenvalue weighted by atomic mass is 79.9. The molecule has 6 heteroatoms. The average Bonchev–Trinajstić information content (AvgIpc) is 2.32. The van der Waals surface area contributed by atoms with Gasteiger partial charge in [-0.25, -0.2) is 4.79 Å². The first-order chi connectivity index (χ1) is 9.22. The van der Waals surface area contributed by atoms with E-state index in [2.05, 4.69) is 21.2 Å². The Balaban J connectivity index is 2.78. The minimum Gasteiger partial charge on any atom is -0.481 e. The lowest BCUT2D eigenvalue weighted by Gasteiger charge is -2.21. The van der Waals surface area contributed by atoms with Crippen molar-refractivity contribution in [2.45, 2.75) is 20.8 Å². The third kappa shape index (κ3) is 4.23. The fourth-order valence-corrected chi connectivity index (χ4v) is 2.62. The van der Waals surface area contributed by atoms with E-state index in [9.17, 15) is 9.59 Å². The summed E-state index contributed by atoms with van der Waals surface area (Å²) in [6.07, 6.45) is 0. The summed E-state index contributed by atoms with van der Waals surface area (Å²) >= 11 is 3.42. The number of hydrogen-bond acceptors (Lipinski definition) is 2. The highest BCUT2D eigenvalue weighted by molar-refractivity contribution is 9.10. The molecule has 0 heterocycles. The Morgan fingerprint density at radius 3 is 2.50 bits per heavy atom. The molecule has 0 bridgehead atoms. The van der Waals surface area contributed by atoms with E-state index in [0.717, 1.165) is 15.6 Å². The third-order valence-electron chi connectivity index (χ3n) is 2.98. The highest BCUT2D eigenvalue weighted by Crippen LogP contribution is 2.28. The maximum Gasteiger partial charge on any atom is 0.321 e. The molecule has 0 saturated carbocycles. The van der Waals surface area contributed by atoms with Crippen LogP contribution < -0.4 is 5.32 Å². The van der Waals surface area contributed by atoms with E-state index >= 15 is 0 Å². The number of amides is 2. The van der Waals surface area contributed by atoms with Crippen LogP contribution in [0.5, 0.6) is 0 Å². The highest BCUT2D eigenvalue weighted by Gasteiger charge is 2.18. The number of hydrogen-bond donors (Lipinski definition) is 2. The standard InChI is InChI=1S/C14H19BrN2O3/c1-8-5-9(2)12(11(15)6-8)16-14(20)17(4)7-10(3)13(18)19/h5-6,10H,7H2,1-4H3,(H,16,20)(H,18,19). The number of carboxylic acids is 1. The van der Waals surface area contributed by atoms with Gasteiger partial charge in [0, 0.05) is 18.1 Å². The summed E-state index contributed by atoms with van der Waals surface area (Å²) in [6.45, 7) is 5.61. The van der Waals surface area contributed by atoms with Crippen molar-refractivity contribution in [2.75, 3.05) is 18.9 Å². The number of carboxylic acid groups (broad SMARTS) is 1. The van der Waals surface area contributed by atoms with Crippen molar-refractivity contribution in [1.82, 2.24) is 4.90 Å². The number of urea groups is 1. The first-order valence-electron chi connectivity index (χ1n) is 6.24. The summed E-state index contributed by atoms with van der Waals surface area (Å²) in [5.74, 6) is -1.52. The van der Waals surface area contributed by atoms with Gasteiger partial charge < -0.3 is 15.3 Å². The van der Waals surface area contributed by atoms with E-state index in [0.29, 0.717) is 5.69 Å². The van der Waals surface area contributed by atoms with E-state index < -0.39 is 11.9 Å². The van der Waals surface area contributed by atoms with Crippen LogP contribution in [0.4, 0.5) is 10.5 Å². The van der Waals surface area contributed by atoms with Crippen LogP contribution in [0.3, 0.4) is 0 Å². The normalized spacial score (nSPS) is 11.8. The molecular weight excluding hydrogens is 324 g/mol. The zero-order valence-corrected chi connectivity index (χ0v) is 13.6. The lowest BCUT2D eigenvalue weighted by atomic mass is 10.1. The number of nitrogens with one attached hydrogen (secondary N) is 1. The fraction of sp³-hybridized carbons (Fsp3) is 0.429. The number of nitrogens with zero attached hydrogens (tertiary/aromatic N) is 1. The van der Waals surface area contributed by atoms with Gasteiger partial charge in [0.1, 0.15) is 0 Å². The van der Waals surface area contributed by atoms with Gasteiger partial charge >= 0.3 is 12.0 Å². The molecule has 0 radical (unpaired) electrons. The minimum atomic E-state index is -0.919. The second kappa shape index (κ2) is 6.74. The Hall–Kier alpha value is -1.56. The van der Waals surface area contributed by atoms with Crippen LogP contribution in [0.1, 0.15) is 18.1 Å². The largest absolute Gasteiger partial charge is 0.481 e. The second-order valence-corrected chi connectivity index (χ2v) is 5.84. The maximum atomic E-state index is 12.1. The van der Waals surface area contributed by atoms with E-state index in [4.69, 9.17) is 5.11 Å². The van der Waals surface area contributed by atoms with Crippen LogP contribution in [0.25, 0.3) is 0 Å². The number of anilines is 1. The molecule has 5 nitrogen and oxygen atoms in total. The number of rotatable bonds is 4. The monoisotopic (exact) mass is 342 g/mol. The Kier molecular flexibility index (Phi) is 5.56. The molecular formula is C14H19BrN2O3. The van der Waals surface area contributed by atoms with Gasteiger partial charge in [-0.2, -0.15) is 0 Å². The van der Waals surface area contributed by atoms with Gasteiger partial charge in [-0.05, 0) is 47.0 Å². The molecule has 0 aliphatic rings. The first kappa shape index (κ1) is 16.5.